The number of nitrogens with zero attached hydrogens (tertiary/aromatic N) is 1. The van der Waals surface area contributed by atoms with Crippen LogP contribution in [-0.4, -0.2) is 24.1 Å². The number of halogens is 1. The highest BCUT2D eigenvalue weighted by atomic mass is 35.5. The van der Waals surface area contributed by atoms with Crippen LogP contribution in [0.5, 0.6) is 0 Å². The van der Waals surface area contributed by atoms with Gasteiger partial charge in [0.05, 0.1) is 11.2 Å². The van der Waals surface area contributed by atoms with Gasteiger partial charge in [-0.2, -0.15) is 0 Å². The quantitative estimate of drug-likeness (QED) is 0.326. The summed E-state index contributed by atoms with van der Waals surface area (Å²) in [5.41, 5.74) is 3.55. The van der Waals surface area contributed by atoms with Crippen molar-refractivity contribution < 1.29 is 0 Å². The third-order valence-corrected chi connectivity index (χ3v) is 7.42. The Bertz CT molecular complexity index is 1150. The molecule has 5 heteroatoms. The predicted molar refractivity (Wildman–Crippen MR) is 130 cm³/mol. The van der Waals surface area contributed by atoms with E-state index >= 15 is 0 Å². The van der Waals surface area contributed by atoms with Crippen LogP contribution in [0.2, 0.25) is 5.02 Å². The Labute approximate surface area is 186 Å². The Kier molecular flexibility index (Phi) is 5.89. The van der Waals surface area contributed by atoms with Crippen molar-refractivity contribution in [1.82, 2.24) is 10.3 Å². The van der Waals surface area contributed by atoms with Gasteiger partial charge in [0, 0.05) is 40.4 Å². The van der Waals surface area contributed by atoms with E-state index in [2.05, 4.69) is 45.3 Å². The minimum Gasteiger partial charge on any atom is -0.382 e. The largest absolute Gasteiger partial charge is 0.382 e. The van der Waals surface area contributed by atoms with Gasteiger partial charge in [-0.3, -0.25) is 4.98 Å². The summed E-state index contributed by atoms with van der Waals surface area (Å²) >= 11 is 8.15. The molecule has 0 bridgehead atoms. The van der Waals surface area contributed by atoms with E-state index in [4.69, 9.17) is 11.6 Å². The number of aromatic nitrogens is 1. The zero-order chi connectivity index (χ0) is 20.3. The fraction of sp³-hybridized carbons (Fsp3) is 0.320. The molecular formula is C25H26ClN3S. The molecule has 2 N–H and O–H groups in total. The average Bonchev–Trinajstić information content (AvgIpc) is 3.21. The first-order valence-electron chi connectivity index (χ1n) is 10.8. The van der Waals surface area contributed by atoms with E-state index in [-0.39, 0.29) is 0 Å². The normalized spacial score (nSPS) is 19.4. The van der Waals surface area contributed by atoms with Crippen LogP contribution in [0.1, 0.15) is 37.2 Å². The van der Waals surface area contributed by atoms with Crippen molar-refractivity contribution in [3.8, 4) is 0 Å². The first kappa shape index (κ1) is 19.8. The highest BCUT2D eigenvalue weighted by molar-refractivity contribution is 7.17. The number of rotatable bonds is 6. The molecule has 0 radical (unpaired) electrons. The summed E-state index contributed by atoms with van der Waals surface area (Å²) in [6.07, 6.45) is 6.87. The second-order valence-corrected chi connectivity index (χ2v) is 9.49. The van der Waals surface area contributed by atoms with Crippen LogP contribution in [0.15, 0.2) is 60.1 Å². The number of hydrogen-bond donors (Lipinski definition) is 2. The highest BCUT2D eigenvalue weighted by Gasteiger charge is 2.23. The van der Waals surface area contributed by atoms with E-state index in [1.807, 2.05) is 41.8 Å². The summed E-state index contributed by atoms with van der Waals surface area (Å²) < 4.78 is 1.42. The lowest BCUT2D eigenvalue weighted by molar-refractivity contribution is 0.348. The maximum Gasteiger partial charge on any atom is 0.0934 e. The third kappa shape index (κ3) is 4.18. The number of thiophene rings is 1. The number of benzene rings is 2. The van der Waals surface area contributed by atoms with Crippen molar-refractivity contribution in [2.24, 2.45) is 0 Å². The van der Waals surface area contributed by atoms with Crippen molar-refractivity contribution in [3.63, 3.8) is 0 Å². The molecule has 0 aliphatic heterocycles. The van der Waals surface area contributed by atoms with Gasteiger partial charge in [-0.25, -0.2) is 0 Å². The Hall–Kier alpha value is -2.14. The van der Waals surface area contributed by atoms with E-state index < -0.39 is 0 Å². The first-order chi connectivity index (χ1) is 14.8. The number of fused-ring (bicyclic) bond motifs is 2. The van der Waals surface area contributed by atoms with Crippen LogP contribution in [0, 0.1) is 0 Å². The van der Waals surface area contributed by atoms with Crippen LogP contribution in [0.4, 0.5) is 5.69 Å². The van der Waals surface area contributed by atoms with Gasteiger partial charge in [-0.05, 0) is 72.2 Å². The number of hydrogen-bond acceptors (Lipinski definition) is 4. The van der Waals surface area contributed by atoms with Gasteiger partial charge in [0.2, 0.25) is 0 Å². The fourth-order valence-electron chi connectivity index (χ4n) is 4.69. The van der Waals surface area contributed by atoms with Gasteiger partial charge in [-0.1, -0.05) is 35.9 Å². The van der Waals surface area contributed by atoms with E-state index in [1.165, 1.54) is 35.8 Å². The van der Waals surface area contributed by atoms with Crippen molar-refractivity contribution in [2.75, 3.05) is 18.4 Å². The SMILES string of the molecule is Clc1cc(NCCNC2CCC(c3csc4ccccc34)CC2)c2ncccc2c1. The maximum atomic E-state index is 6.27. The van der Waals surface area contributed by atoms with Gasteiger partial charge in [0.1, 0.15) is 0 Å². The van der Waals surface area contributed by atoms with E-state index in [1.54, 1.807) is 5.56 Å². The molecule has 0 spiro atoms. The van der Waals surface area contributed by atoms with Gasteiger partial charge in [-0.15, -0.1) is 11.3 Å². The second kappa shape index (κ2) is 8.93. The topological polar surface area (TPSA) is 37.0 Å². The molecule has 1 fully saturated rings. The molecule has 2 heterocycles. The predicted octanol–water partition coefficient (Wildman–Crippen LogP) is 6.83. The lowest BCUT2D eigenvalue weighted by Gasteiger charge is -2.29. The first-order valence-corrected chi connectivity index (χ1v) is 12.0. The molecular weight excluding hydrogens is 410 g/mol. The van der Waals surface area contributed by atoms with Crippen LogP contribution in [0.25, 0.3) is 21.0 Å². The molecule has 2 aromatic heterocycles. The van der Waals surface area contributed by atoms with Crippen molar-refractivity contribution in [1.29, 1.82) is 0 Å². The molecule has 4 aromatic rings. The maximum absolute atomic E-state index is 6.27. The molecule has 30 heavy (non-hydrogen) atoms. The molecule has 1 aliphatic rings. The summed E-state index contributed by atoms with van der Waals surface area (Å²) in [7, 11) is 0. The van der Waals surface area contributed by atoms with Crippen molar-refractivity contribution in [2.45, 2.75) is 37.6 Å². The van der Waals surface area contributed by atoms with Gasteiger partial charge in [0.15, 0.2) is 0 Å². The summed E-state index contributed by atoms with van der Waals surface area (Å²) in [6, 6.07) is 17.4. The highest BCUT2D eigenvalue weighted by Crippen LogP contribution is 2.39. The van der Waals surface area contributed by atoms with E-state index in [0.29, 0.717) is 12.0 Å². The Morgan fingerprint density at radius 3 is 2.77 bits per heavy atom. The van der Waals surface area contributed by atoms with Crippen LogP contribution in [-0.2, 0) is 0 Å². The van der Waals surface area contributed by atoms with E-state index in [9.17, 15) is 0 Å². The second-order valence-electron chi connectivity index (χ2n) is 8.15. The number of anilines is 1. The summed E-state index contributed by atoms with van der Waals surface area (Å²) in [5, 5.41) is 12.9. The molecule has 154 valence electrons. The molecule has 0 atom stereocenters. The summed E-state index contributed by atoms with van der Waals surface area (Å²) in [5.74, 6) is 0.709. The molecule has 2 aromatic carbocycles. The fourth-order valence-corrected chi connectivity index (χ4v) is 5.96. The zero-order valence-corrected chi connectivity index (χ0v) is 18.5. The Morgan fingerprint density at radius 1 is 1.00 bits per heavy atom. The molecule has 5 rings (SSSR count). The van der Waals surface area contributed by atoms with Crippen molar-refractivity contribution in [3.05, 3.63) is 70.7 Å². The smallest absolute Gasteiger partial charge is 0.0934 e. The van der Waals surface area contributed by atoms with Crippen LogP contribution in [0.3, 0.4) is 0 Å². The van der Waals surface area contributed by atoms with Gasteiger partial charge in [0.25, 0.3) is 0 Å². The minimum absolute atomic E-state index is 0.613. The Balaban J connectivity index is 1.12. The molecule has 0 amide bonds. The standard InChI is InChI=1S/C25H26ClN3S/c26-19-14-18-4-3-11-29-25(18)23(15-19)28-13-12-27-20-9-7-17(8-10-20)22-16-30-24-6-2-1-5-21(22)24/h1-6,11,14-17,20,27-28H,7-10,12-13H2. The van der Waals surface area contributed by atoms with Gasteiger partial charge < -0.3 is 10.6 Å². The van der Waals surface area contributed by atoms with Crippen LogP contribution < -0.4 is 10.6 Å². The zero-order valence-electron chi connectivity index (χ0n) is 16.9. The minimum atomic E-state index is 0.613. The molecule has 0 unspecified atom stereocenters. The van der Waals surface area contributed by atoms with E-state index in [0.717, 1.165) is 34.7 Å². The lowest BCUT2D eigenvalue weighted by Crippen LogP contribution is -2.35. The number of nitrogens with one attached hydrogen (secondary N) is 2. The molecule has 0 saturated heterocycles. The Morgan fingerprint density at radius 2 is 1.87 bits per heavy atom. The molecule has 3 nitrogen and oxygen atoms in total. The lowest BCUT2D eigenvalue weighted by atomic mass is 9.81. The number of pyridine rings is 1. The average molecular weight is 436 g/mol. The third-order valence-electron chi connectivity index (χ3n) is 6.22. The summed E-state index contributed by atoms with van der Waals surface area (Å²) in [4.78, 5) is 4.50. The molecule has 1 aliphatic carbocycles. The van der Waals surface area contributed by atoms with Gasteiger partial charge >= 0.3 is 0 Å². The monoisotopic (exact) mass is 435 g/mol. The van der Waals surface area contributed by atoms with Crippen LogP contribution >= 0.6 is 22.9 Å². The summed E-state index contributed by atoms with van der Waals surface area (Å²) in [6.45, 7) is 1.80. The molecule has 1 saturated carbocycles. The van der Waals surface area contributed by atoms with Crippen molar-refractivity contribution >= 4 is 49.6 Å².